The molecule has 20 heteroatoms. The van der Waals surface area contributed by atoms with Crippen molar-refractivity contribution >= 4 is 47.2 Å². The van der Waals surface area contributed by atoms with Crippen molar-refractivity contribution in [1.82, 2.24) is 31.0 Å². The maximum Gasteiger partial charge on any atom is 0.490 e. The van der Waals surface area contributed by atoms with E-state index in [-0.39, 0.29) is 41.8 Å². The maximum absolute atomic E-state index is 13.0. The van der Waals surface area contributed by atoms with Crippen molar-refractivity contribution in [2.75, 3.05) is 17.2 Å². The molecule has 3 rings (SSSR count). The zero-order valence-electron chi connectivity index (χ0n) is 24.7. The highest BCUT2D eigenvalue weighted by Gasteiger charge is 2.38. The Morgan fingerprint density at radius 1 is 0.851 bits per heavy atom. The minimum absolute atomic E-state index is 0.0174. The van der Waals surface area contributed by atoms with Crippen LogP contribution in [0.4, 0.5) is 24.8 Å². The lowest BCUT2D eigenvalue weighted by atomic mass is 10.0. The van der Waals surface area contributed by atoms with Gasteiger partial charge in [0.05, 0.1) is 0 Å². The third kappa shape index (κ3) is 13.0. The molecular weight excluding hydrogens is 635 g/mol. The van der Waals surface area contributed by atoms with E-state index in [1.54, 1.807) is 30.3 Å². The van der Waals surface area contributed by atoms with Gasteiger partial charge in [-0.05, 0) is 31.4 Å². The zero-order valence-corrected chi connectivity index (χ0v) is 24.7. The lowest BCUT2D eigenvalue weighted by Crippen LogP contribution is -2.52. The smallest absolute Gasteiger partial charge is 0.480 e. The number of nitrogens with zero attached hydrogens (tertiary/aromatic N) is 2. The predicted octanol–water partition coefficient (Wildman–Crippen LogP) is 1.02. The standard InChI is InChI=1S/C25H31N9O6.C2HF3O2/c1-14(35)27-20-12-18(32-33-20)24(38)30-21-13-17(31-34-21)23(37)28-16(9-5-6-10-26)22(36)29-19(25(39)40)11-15-7-3-2-4-8-15;3-2(4,5)1(6)7/h2-4,7-8,12-13,16,19H,5-6,9-11,26H2,1H3,(H,28,37)(H,29,36)(H,39,40)(H2,27,32,33,35)(H2,30,31,34,38);(H,6,7)/t16-,19-;/m0./s1. The summed E-state index contributed by atoms with van der Waals surface area (Å²) in [5, 5.41) is 39.4. The number of benzene rings is 1. The van der Waals surface area contributed by atoms with Crippen molar-refractivity contribution in [2.24, 2.45) is 5.73 Å². The molecule has 0 aliphatic heterocycles. The van der Waals surface area contributed by atoms with Gasteiger partial charge in [-0.1, -0.05) is 30.3 Å². The van der Waals surface area contributed by atoms with E-state index in [0.717, 1.165) is 5.56 Å². The number of aromatic nitrogens is 4. The molecule has 2 heterocycles. The Morgan fingerprint density at radius 2 is 1.40 bits per heavy atom. The van der Waals surface area contributed by atoms with Gasteiger partial charge in [-0.25, -0.2) is 9.59 Å². The number of hydrogen-bond donors (Lipinski definition) is 9. The summed E-state index contributed by atoms with van der Waals surface area (Å²) in [6.45, 7) is 1.69. The molecule has 3 aromatic rings. The third-order valence-corrected chi connectivity index (χ3v) is 5.90. The van der Waals surface area contributed by atoms with E-state index >= 15 is 0 Å². The van der Waals surface area contributed by atoms with Gasteiger partial charge in [-0.2, -0.15) is 23.4 Å². The molecular formula is C27H32F3N9O8. The van der Waals surface area contributed by atoms with Gasteiger partial charge < -0.3 is 37.2 Å². The summed E-state index contributed by atoms with van der Waals surface area (Å²) in [5.74, 6) is -6.12. The number of aliphatic carboxylic acids is 2. The Balaban J connectivity index is 0.000000984. The van der Waals surface area contributed by atoms with E-state index in [9.17, 15) is 42.3 Å². The molecule has 2 aromatic heterocycles. The van der Waals surface area contributed by atoms with E-state index in [2.05, 4.69) is 41.7 Å². The second-order valence-corrected chi connectivity index (χ2v) is 9.67. The van der Waals surface area contributed by atoms with Gasteiger partial charge in [-0.15, -0.1) is 0 Å². The van der Waals surface area contributed by atoms with Crippen LogP contribution in [0.15, 0.2) is 42.5 Å². The molecule has 254 valence electrons. The van der Waals surface area contributed by atoms with E-state index < -0.39 is 47.9 Å². The highest BCUT2D eigenvalue weighted by molar-refractivity contribution is 6.04. The molecule has 10 N–H and O–H groups in total. The van der Waals surface area contributed by atoms with E-state index in [0.29, 0.717) is 19.4 Å². The van der Waals surface area contributed by atoms with Crippen LogP contribution in [0.3, 0.4) is 0 Å². The second-order valence-electron chi connectivity index (χ2n) is 9.67. The van der Waals surface area contributed by atoms with Gasteiger partial charge >= 0.3 is 18.1 Å². The van der Waals surface area contributed by atoms with Crippen LogP contribution in [0.25, 0.3) is 0 Å². The molecule has 1 aromatic carbocycles. The van der Waals surface area contributed by atoms with E-state index in [1.165, 1.54) is 19.1 Å². The molecule has 0 saturated heterocycles. The largest absolute Gasteiger partial charge is 0.490 e. The number of hydrogen-bond acceptors (Lipinski definition) is 9. The summed E-state index contributed by atoms with van der Waals surface area (Å²) in [6, 6.07) is 9.19. The summed E-state index contributed by atoms with van der Waals surface area (Å²) in [6.07, 6.45) is -3.68. The second kappa shape index (κ2) is 17.6. The van der Waals surface area contributed by atoms with Crippen molar-refractivity contribution < 1.29 is 52.2 Å². The molecule has 0 saturated carbocycles. The topological polar surface area (TPSA) is 274 Å². The van der Waals surface area contributed by atoms with Crippen molar-refractivity contribution in [2.45, 2.75) is 50.9 Å². The molecule has 0 unspecified atom stereocenters. The van der Waals surface area contributed by atoms with Crippen LogP contribution >= 0.6 is 0 Å². The molecule has 4 amide bonds. The first-order chi connectivity index (χ1) is 22.1. The Labute approximate surface area is 263 Å². The summed E-state index contributed by atoms with van der Waals surface area (Å²) in [5.41, 5.74) is 6.28. The Kier molecular flexibility index (Phi) is 14.0. The molecule has 0 bridgehead atoms. The average Bonchev–Trinajstić information content (AvgIpc) is 3.66. The summed E-state index contributed by atoms with van der Waals surface area (Å²) in [4.78, 5) is 70.2. The fourth-order valence-electron chi connectivity index (χ4n) is 3.69. The fraction of sp³-hybridized carbons (Fsp3) is 0.333. The molecule has 0 aliphatic rings. The van der Waals surface area contributed by atoms with Gasteiger partial charge in [0, 0.05) is 25.5 Å². The molecule has 17 nitrogen and oxygen atoms in total. The highest BCUT2D eigenvalue weighted by Crippen LogP contribution is 2.13. The predicted molar refractivity (Wildman–Crippen MR) is 157 cm³/mol. The van der Waals surface area contributed by atoms with Gasteiger partial charge in [0.15, 0.2) is 11.6 Å². The number of alkyl halides is 3. The Morgan fingerprint density at radius 3 is 1.91 bits per heavy atom. The maximum atomic E-state index is 13.0. The minimum Gasteiger partial charge on any atom is -0.480 e. The van der Waals surface area contributed by atoms with Crippen molar-refractivity contribution in [3.8, 4) is 0 Å². The van der Waals surface area contributed by atoms with Crippen LogP contribution in [0.2, 0.25) is 0 Å². The Hall–Kier alpha value is -5.79. The highest BCUT2D eigenvalue weighted by atomic mass is 19.4. The van der Waals surface area contributed by atoms with Crippen LogP contribution in [0, 0.1) is 0 Å². The number of nitrogens with two attached hydrogens (primary N) is 1. The number of carbonyl (C=O) groups is 6. The number of carbonyl (C=O) groups excluding carboxylic acids is 4. The van der Waals surface area contributed by atoms with E-state index in [1.807, 2.05) is 0 Å². The summed E-state index contributed by atoms with van der Waals surface area (Å²) in [7, 11) is 0. The number of anilines is 2. The molecule has 0 aliphatic carbocycles. The first-order valence-electron chi connectivity index (χ1n) is 13.7. The van der Waals surface area contributed by atoms with Gasteiger partial charge in [-0.3, -0.25) is 29.4 Å². The number of rotatable bonds is 14. The number of amides is 4. The van der Waals surface area contributed by atoms with Crippen LogP contribution in [0.5, 0.6) is 0 Å². The number of halogens is 3. The lowest BCUT2D eigenvalue weighted by molar-refractivity contribution is -0.192. The number of nitrogens with one attached hydrogen (secondary N) is 6. The molecule has 0 spiro atoms. The normalized spacial score (nSPS) is 12.0. The first kappa shape index (κ1) is 37.4. The monoisotopic (exact) mass is 667 g/mol. The minimum atomic E-state index is -5.08. The lowest BCUT2D eigenvalue weighted by Gasteiger charge is -2.21. The van der Waals surface area contributed by atoms with Gasteiger partial charge in [0.2, 0.25) is 11.8 Å². The van der Waals surface area contributed by atoms with Gasteiger partial charge in [0.25, 0.3) is 11.8 Å². The fourth-order valence-corrected chi connectivity index (χ4v) is 3.69. The van der Waals surface area contributed by atoms with E-state index in [4.69, 9.17) is 15.6 Å². The van der Waals surface area contributed by atoms with Crippen molar-refractivity contribution in [1.29, 1.82) is 0 Å². The van der Waals surface area contributed by atoms with Crippen LogP contribution < -0.4 is 27.0 Å². The quantitative estimate of drug-likeness (QED) is 0.109. The third-order valence-electron chi connectivity index (χ3n) is 5.90. The zero-order chi connectivity index (χ0) is 35.1. The summed E-state index contributed by atoms with van der Waals surface area (Å²) < 4.78 is 31.7. The van der Waals surface area contributed by atoms with Crippen LogP contribution in [-0.2, 0) is 25.6 Å². The summed E-state index contributed by atoms with van der Waals surface area (Å²) >= 11 is 0. The van der Waals surface area contributed by atoms with Gasteiger partial charge in [0.1, 0.15) is 23.5 Å². The Bertz CT molecular complexity index is 1540. The molecule has 0 fully saturated rings. The number of aromatic amines is 2. The average molecular weight is 668 g/mol. The SMILES string of the molecule is CC(=O)Nc1cc(C(=O)Nc2cc(C(=O)N[C@@H](CCCCN)C(=O)N[C@@H](Cc3ccccc3)C(=O)O)[nH]n2)[nH]n1.O=C(O)C(F)(F)F. The van der Waals surface area contributed by atoms with Crippen molar-refractivity contribution in [3.63, 3.8) is 0 Å². The number of carboxylic acids is 2. The number of H-pyrrole nitrogens is 2. The molecule has 0 radical (unpaired) electrons. The number of unbranched alkanes of at least 4 members (excludes halogenated alkanes) is 1. The van der Waals surface area contributed by atoms with Crippen LogP contribution in [-0.4, -0.2) is 91.0 Å². The number of carboxylic acid groups (broad SMARTS) is 2. The van der Waals surface area contributed by atoms with Crippen molar-refractivity contribution in [3.05, 3.63) is 59.4 Å². The van der Waals surface area contributed by atoms with Crippen LogP contribution in [0.1, 0.15) is 52.7 Å². The first-order valence-corrected chi connectivity index (χ1v) is 13.7. The molecule has 47 heavy (non-hydrogen) atoms. The molecule has 2 atom stereocenters.